The van der Waals surface area contributed by atoms with Crippen LogP contribution in [0, 0.1) is 13.8 Å². The normalized spacial score (nSPS) is 20.3. The molecule has 3 rings (SSSR count). The minimum atomic E-state index is -0.792. The summed E-state index contributed by atoms with van der Waals surface area (Å²) >= 11 is 0. The molecule has 1 saturated heterocycles. The Labute approximate surface area is 148 Å². The van der Waals surface area contributed by atoms with Crippen LogP contribution in [-0.4, -0.2) is 34.7 Å². The largest absolute Gasteiger partial charge is 0.325 e. The van der Waals surface area contributed by atoms with E-state index in [1.54, 1.807) is 6.07 Å². The molecule has 1 aliphatic carbocycles. The Morgan fingerprint density at radius 1 is 1.08 bits per heavy atom. The average molecular weight is 342 g/mol. The van der Waals surface area contributed by atoms with E-state index in [1.807, 2.05) is 26.0 Å². The highest BCUT2D eigenvalue weighted by atomic mass is 16.2. The van der Waals surface area contributed by atoms with E-state index in [-0.39, 0.29) is 18.2 Å². The third kappa shape index (κ3) is 3.46. The standard InChI is InChI=1S/C20H26N2O3/c1-14-8-9-16(15(2)12-14)17(23)13-22-18(24)20(21-19(22)25)10-6-4-3-5-7-11-20/h8-9,12H,3-7,10-11,13H2,1-2H3,(H,21,25). The van der Waals surface area contributed by atoms with Crippen molar-refractivity contribution in [3.8, 4) is 0 Å². The van der Waals surface area contributed by atoms with Crippen LogP contribution in [0.5, 0.6) is 0 Å². The van der Waals surface area contributed by atoms with Crippen LogP contribution in [0.3, 0.4) is 0 Å². The zero-order valence-corrected chi connectivity index (χ0v) is 15.1. The number of urea groups is 1. The molecule has 134 valence electrons. The van der Waals surface area contributed by atoms with Gasteiger partial charge in [-0.3, -0.25) is 14.5 Å². The fourth-order valence-corrected chi connectivity index (χ4v) is 4.02. The number of amides is 3. The van der Waals surface area contributed by atoms with Crippen molar-refractivity contribution >= 4 is 17.7 Å². The minimum absolute atomic E-state index is 0.184. The van der Waals surface area contributed by atoms with Crippen LogP contribution in [0.25, 0.3) is 0 Å². The molecule has 0 unspecified atom stereocenters. The number of imide groups is 1. The molecule has 0 atom stereocenters. The molecule has 5 heteroatoms. The molecule has 2 fully saturated rings. The maximum Gasteiger partial charge on any atom is 0.325 e. The molecule has 0 aromatic heterocycles. The summed E-state index contributed by atoms with van der Waals surface area (Å²) in [4.78, 5) is 39.1. The van der Waals surface area contributed by atoms with Gasteiger partial charge in [0.05, 0.1) is 6.54 Å². The molecule has 3 amide bonds. The number of benzene rings is 1. The minimum Gasteiger partial charge on any atom is -0.323 e. The van der Waals surface area contributed by atoms with Crippen molar-refractivity contribution in [1.29, 1.82) is 0 Å². The summed E-state index contributed by atoms with van der Waals surface area (Å²) in [6.45, 7) is 3.66. The molecule has 1 N–H and O–H groups in total. The van der Waals surface area contributed by atoms with E-state index < -0.39 is 11.6 Å². The summed E-state index contributed by atoms with van der Waals surface area (Å²) < 4.78 is 0. The fraction of sp³-hybridized carbons (Fsp3) is 0.550. The van der Waals surface area contributed by atoms with Gasteiger partial charge in [0.1, 0.15) is 5.54 Å². The van der Waals surface area contributed by atoms with Crippen LogP contribution in [0.4, 0.5) is 4.79 Å². The van der Waals surface area contributed by atoms with Crippen LogP contribution in [-0.2, 0) is 4.79 Å². The number of hydrogen-bond acceptors (Lipinski definition) is 3. The second kappa shape index (κ2) is 6.98. The molecular weight excluding hydrogens is 316 g/mol. The number of Topliss-reactive ketones (excluding diaryl/α,β-unsaturated/α-hetero) is 1. The summed E-state index contributed by atoms with van der Waals surface area (Å²) in [7, 11) is 0. The van der Waals surface area contributed by atoms with Gasteiger partial charge >= 0.3 is 6.03 Å². The first-order valence-corrected chi connectivity index (χ1v) is 9.17. The lowest BCUT2D eigenvalue weighted by Gasteiger charge is -2.28. The van der Waals surface area contributed by atoms with Gasteiger partial charge in [0.25, 0.3) is 5.91 Å². The van der Waals surface area contributed by atoms with E-state index in [2.05, 4.69) is 5.32 Å². The Balaban J connectivity index is 1.77. The van der Waals surface area contributed by atoms with Crippen molar-refractivity contribution < 1.29 is 14.4 Å². The van der Waals surface area contributed by atoms with Crippen molar-refractivity contribution in [3.05, 3.63) is 34.9 Å². The fourth-order valence-electron chi connectivity index (χ4n) is 4.02. The second-order valence-corrected chi connectivity index (χ2v) is 7.41. The Bertz CT molecular complexity index is 703. The zero-order chi connectivity index (χ0) is 18.0. The third-order valence-electron chi connectivity index (χ3n) is 5.44. The van der Waals surface area contributed by atoms with Gasteiger partial charge in [-0.15, -0.1) is 0 Å². The SMILES string of the molecule is Cc1ccc(C(=O)CN2C(=O)NC3(CCCCCCC3)C2=O)c(C)c1. The smallest absolute Gasteiger partial charge is 0.323 e. The first-order valence-electron chi connectivity index (χ1n) is 9.17. The van der Waals surface area contributed by atoms with Crippen molar-refractivity contribution in [3.63, 3.8) is 0 Å². The number of rotatable bonds is 3. The maximum absolute atomic E-state index is 13.0. The van der Waals surface area contributed by atoms with E-state index in [4.69, 9.17) is 0 Å². The van der Waals surface area contributed by atoms with Gasteiger partial charge in [0.15, 0.2) is 5.78 Å². The predicted octanol–water partition coefficient (Wildman–Crippen LogP) is 3.52. The van der Waals surface area contributed by atoms with Gasteiger partial charge in [0.2, 0.25) is 0 Å². The summed E-state index contributed by atoms with van der Waals surface area (Å²) in [6, 6.07) is 5.16. The summed E-state index contributed by atoms with van der Waals surface area (Å²) in [5.74, 6) is -0.415. The topological polar surface area (TPSA) is 66.5 Å². The Hall–Kier alpha value is -2.17. The van der Waals surface area contributed by atoms with Crippen LogP contribution in [0.15, 0.2) is 18.2 Å². The third-order valence-corrected chi connectivity index (χ3v) is 5.44. The lowest BCUT2D eigenvalue weighted by atomic mass is 9.84. The first-order chi connectivity index (χ1) is 11.9. The summed E-state index contributed by atoms with van der Waals surface area (Å²) in [5, 5.41) is 2.90. The highest BCUT2D eigenvalue weighted by Gasteiger charge is 2.50. The first kappa shape index (κ1) is 17.6. The van der Waals surface area contributed by atoms with Crippen LogP contribution >= 0.6 is 0 Å². The van der Waals surface area contributed by atoms with Crippen molar-refractivity contribution in [2.75, 3.05) is 6.54 Å². The molecule has 1 heterocycles. The molecule has 5 nitrogen and oxygen atoms in total. The van der Waals surface area contributed by atoms with E-state index in [0.717, 1.165) is 41.7 Å². The van der Waals surface area contributed by atoms with Crippen molar-refractivity contribution in [2.24, 2.45) is 0 Å². The number of carbonyl (C=O) groups is 3. The molecule has 0 bridgehead atoms. The molecule has 1 saturated carbocycles. The number of nitrogens with one attached hydrogen (secondary N) is 1. The number of nitrogens with zero attached hydrogens (tertiary/aromatic N) is 1. The van der Waals surface area contributed by atoms with E-state index in [9.17, 15) is 14.4 Å². The maximum atomic E-state index is 13.0. The average Bonchev–Trinajstić information content (AvgIpc) is 2.76. The molecule has 25 heavy (non-hydrogen) atoms. The Morgan fingerprint density at radius 3 is 2.36 bits per heavy atom. The van der Waals surface area contributed by atoms with Crippen molar-refractivity contribution in [2.45, 2.75) is 64.3 Å². The van der Waals surface area contributed by atoms with Gasteiger partial charge in [-0.1, -0.05) is 55.9 Å². The van der Waals surface area contributed by atoms with E-state index >= 15 is 0 Å². The molecule has 2 aliphatic rings. The molecular formula is C20H26N2O3. The van der Waals surface area contributed by atoms with Crippen LogP contribution in [0.2, 0.25) is 0 Å². The highest BCUT2D eigenvalue weighted by molar-refractivity contribution is 6.11. The van der Waals surface area contributed by atoms with Gasteiger partial charge < -0.3 is 5.32 Å². The van der Waals surface area contributed by atoms with Gasteiger partial charge in [-0.2, -0.15) is 0 Å². The Kier molecular flexibility index (Phi) is 4.93. The number of carbonyl (C=O) groups excluding carboxylic acids is 3. The quantitative estimate of drug-likeness (QED) is 0.675. The molecule has 1 aromatic carbocycles. The summed E-state index contributed by atoms with van der Waals surface area (Å²) in [6.07, 6.45) is 6.58. The van der Waals surface area contributed by atoms with Gasteiger partial charge in [-0.05, 0) is 32.3 Å². The molecule has 1 aromatic rings. The highest BCUT2D eigenvalue weighted by Crippen LogP contribution is 2.32. The lowest BCUT2D eigenvalue weighted by molar-refractivity contribution is -0.131. The van der Waals surface area contributed by atoms with Gasteiger partial charge in [0, 0.05) is 5.56 Å². The molecule has 1 spiro atoms. The monoisotopic (exact) mass is 342 g/mol. The van der Waals surface area contributed by atoms with Crippen LogP contribution < -0.4 is 5.32 Å². The van der Waals surface area contributed by atoms with Crippen LogP contribution in [0.1, 0.15) is 66.4 Å². The molecule has 1 aliphatic heterocycles. The number of aryl methyl sites for hydroxylation is 2. The van der Waals surface area contributed by atoms with E-state index in [1.165, 1.54) is 6.42 Å². The Morgan fingerprint density at radius 2 is 1.72 bits per heavy atom. The van der Waals surface area contributed by atoms with Gasteiger partial charge in [-0.25, -0.2) is 4.79 Å². The molecule has 0 radical (unpaired) electrons. The lowest BCUT2D eigenvalue weighted by Crippen LogP contribution is -2.47. The number of ketones is 1. The van der Waals surface area contributed by atoms with Crippen molar-refractivity contribution in [1.82, 2.24) is 10.2 Å². The number of hydrogen-bond donors (Lipinski definition) is 1. The summed E-state index contributed by atoms with van der Waals surface area (Å²) in [5.41, 5.74) is 1.74. The predicted molar refractivity (Wildman–Crippen MR) is 95.5 cm³/mol. The second-order valence-electron chi connectivity index (χ2n) is 7.41. The zero-order valence-electron chi connectivity index (χ0n) is 15.1. The van der Waals surface area contributed by atoms with E-state index in [0.29, 0.717) is 18.4 Å².